The Bertz CT molecular complexity index is 881. The number of cyclic esters (lactones) is 1. The highest BCUT2D eigenvalue weighted by Gasteiger charge is 2.37. The summed E-state index contributed by atoms with van der Waals surface area (Å²) in [6.07, 6.45) is -1.27. The van der Waals surface area contributed by atoms with Gasteiger partial charge in [0.1, 0.15) is 11.4 Å². The molecular formula is C18H13BrClNO5. The Balaban J connectivity index is 1.79. The Labute approximate surface area is 162 Å². The molecule has 0 saturated carbocycles. The van der Waals surface area contributed by atoms with Gasteiger partial charge in [-0.15, -0.1) is 0 Å². The van der Waals surface area contributed by atoms with Gasteiger partial charge >= 0.3 is 11.9 Å². The zero-order valence-electron chi connectivity index (χ0n) is 13.5. The minimum absolute atomic E-state index is 0.155. The van der Waals surface area contributed by atoms with E-state index in [4.69, 9.17) is 25.8 Å². The van der Waals surface area contributed by atoms with Crippen LogP contribution < -0.4 is 10.1 Å². The molecule has 8 heteroatoms. The minimum atomic E-state index is -1.27. The summed E-state index contributed by atoms with van der Waals surface area (Å²) in [6, 6.07) is 13.7. The molecule has 0 bridgehead atoms. The summed E-state index contributed by atoms with van der Waals surface area (Å²) in [7, 11) is 1.56. The van der Waals surface area contributed by atoms with Crippen molar-refractivity contribution in [2.45, 2.75) is 6.29 Å². The van der Waals surface area contributed by atoms with Crippen molar-refractivity contribution in [1.29, 1.82) is 0 Å². The molecular weight excluding hydrogens is 426 g/mol. The maximum Gasteiger partial charge on any atom is 0.355 e. The van der Waals surface area contributed by atoms with Crippen molar-refractivity contribution in [1.82, 2.24) is 0 Å². The smallest absolute Gasteiger partial charge is 0.355 e. The highest BCUT2D eigenvalue weighted by molar-refractivity contribution is 9.10. The third kappa shape index (κ3) is 3.84. The zero-order valence-corrected chi connectivity index (χ0v) is 15.8. The van der Waals surface area contributed by atoms with Gasteiger partial charge in [-0.1, -0.05) is 23.7 Å². The van der Waals surface area contributed by atoms with Crippen molar-refractivity contribution in [3.05, 3.63) is 69.3 Å². The van der Waals surface area contributed by atoms with Gasteiger partial charge in [0, 0.05) is 10.2 Å². The average molecular weight is 439 g/mol. The van der Waals surface area contributed by atoms with E-state index in [0.29, 0.717) is 21.5 Å². The number of benzene rings is 2. The first-order valence-corrected chi connectivity index (χ1v) is 8.64. The van der Waals surface area contributed by atoms with Crippen molar-refractivity contribution in [2.75, 3.05) is 12.4 Å². The topological polar surface area (TPSA) is 73.9 Å². The van der Waals surface area contributed by atoms with Gasteiger partial charge in [-0.2, -0.15) is 0 Å². The van der Waals surface area contributed by atoms with Gasteiger partial charge in [0.25, 0.3) is 6.29 Å². The molecule has 1 aliphatic heterocycles. The fourth-order valence-corrected chi connectivity index (χ4v) is 2.86. The zero-order chi connectivity index (χ0) is 18.7. The van der Waals surface area contributed by atoms with E-state index in [2.05, 4.69) is 21.2 Å². The van der Waals surface area contributed by atoms with Crippen molar-refractivity contribution >= 4 is 45.2 Å². The van der Waals surface area contributed by atoms with E-state index in [0.717, 1.165) is 0 Å². The molecule has 0 fully saturated rings. The maximum absolute atomic E-state index is 12.4. The van der Waals surface area contributed by atoms with Crippen LogP contribution in [0.4, 0.5) is 5.69 Å². The Morgan fingerprint density at radius 3 is 2.54 bits per heavy atom. The third-order valence-electron chi connectivity index (χ3n) is 3.54. The number of esters is 2. The van der Waals surface area contributed by atoms with Crippen LogP contribution in [0.5, 0.6) is 5.75 Å². The second-order valence-electron chi connectivity index (χ2n) is 5.20. The fourth-order valence-electron chi connectivity index (χ4n) is 2.24. The number of rotatable bonds is 5. The molecule has 0 radical (unpaired) electrons. The van der Waals surface area contributed by atoms with Crippen molar-refractivity contribution < 1.29 is 23.8 Å². The molecule has 0 saturated heterocycles. The fraction of sp³-hybridized carbons (Fsp3) is 0.111. The summed E-state index contributed by atoms with van der Waals surface area (Å²) in [4.78, 5) is 24.2. The molecule has 134 valence electrons. The molecule has 0 aromatic heterocycles. The van der Waals surface area contributed by atoms with E-state index in [1.165, 1.54) is 0 Å². The van der Waals surface area contributed by atoms with E-state index in [1.807, 2.05) is 0 Å². The average Bonchev–Trinajstić information content (AvgIpc) is 2.90. The molecule has 0 spiro atoms. The first kappa shape index (κ1) is 18.3. The minimum Gasteiger partial charge on any atom is -0.497 e. The van der Waals surface area contributed by atoms with Crippen molar-refractivity contribution in [3.63, 3.8) is 0 Å². The number of halogens is 2. The molecule has 1 aliphatic rings. The second-order valence-corrected chi connectivity index (χ2v) is 6.44. The molecule has 0 amide bonds. The summed E-state index contributed by atoms with van der Waals surface area (Å²) in [5.74, 6) is -0.755. The highest BCUT2D eigenvalue weighted by Crippen LogP contribution is 2.30. The number of methoxy groups -OCH3 is 1. The summed E-state index contributed by atoms with van der Waals surface area (Å²) in [6.45, 7) is 0. The number of carbonyl (C=O) groups excluding carboxylic acids is 2. The van der Waals surface area contributed by atoms with E-state index in [-0.39, 0.29) is 10.7 Å². The summed E-state index contributed by atoms with van der Waals surface area (Å²) in [5.41, 5.74) is 1.08. The maximum atomic E-state index is 12.4. The lowest BCUT2D eigenvalue weighted by atomic mass is 10.2. The van der Waals surface area contributed by atoms with Gasteiger partial charge in [-0.3, -0.25) is 0 Å². The monoisotopic (exact) mass is 437 g/mol. The quantitative estimate of drug-likeness (QED) is 0.710. The molecule has 2 aromatic carbocycles. The first-order valence-electron chi connectivity index (χ1n) is 7.47. The molecule has 3 rings (SSSR count). The molecule has 1 atom stereocenters. The van der Waals surface area contributed by atoms with E-state index < -0.39 is 18.2 Å². The molecule has 0 aliphatic carbocycles. The molecule has 6 nitrogen and oxygen atoms in total. The van der Waals surface area contributed by atoms with Gasteiger partial charge in [-0.05, 0) is 52.3 Å². The number of nitrogens with one attached hydrogen (secondary N) is 1. The lowest BCUT2D eigenvalue weighted by Gasteiger charge is -2.17. The van der Waals surface area contributed by atoms with Gasteiger partial charge in [0.15, 0.2) is 5.03 Å². The van der Waals surface area contributed by atoms with E-state index in [1.54, 1.807) is 55.6 Å². The van der Waals surface area contributed by atoms with Gasteiger partial charge in [-0.25, -0.2) is 9.59 Å². The molecule has 2 aromatic rings. The van der Waals surface area contributed by atoms with Gasteiger partial charge in [0.05, 0.1) is 12.7 Å². The van der Waals surface area contributed by atoms with Crippen LogP contribution in [0.2, 0.25) is 0 Å². The van der Waals surface area contributed by atoms with Crippen LogP contribution in [0, 0.1) is 0 Å². The van der Waals surface area contributed by atoms with Gasteiger partial charge < -0.3 is 19.5 Å². The van der Waals surface area contributed by atoms with Crippen LogP contribution in [-0.4, -0.2) is 25.3 Å². The van der Waals surface area contributed by atoms with Crippen LogP contribution in [0.1, 0.15) is 10.4 Å². The Morgan fingerprint density at radius 2 is 1.88 bits per heavy atom. The number of anilines is 1. The normalized spacial score (nSPS) is 16.3. The highest BCUT2D eigenvalue weighted by atomic mass is 79.9. The Hall–Kier alpha value is -2.51. The molecule has 1 N–H and O–H groups in total. The van der Waals surface area contributed by atoms with Crippen LogP contribution in [0.3, 0.4) is 0 Å². The largest absolute Gasteiger partial charge is 0.497 e. The second kappa shape index (κ2) is 7.80. The predicted molar refractivity (Wildman–Crippen MR) is 98.9 cm³/mol. The van der Waals surface area contributed by atoms with Crippen LogP contribution >= 0.6 is 27.5 Å². The van der Waals surface area contributed by atoms with Crippen LogP contribution in [-0.2, 0) is 14.3 Å². The number of ether oxygens (including phenoxy) is 3. The van der Waals surface area contributed by atoms with Gasteiger partial charge in [0.2, 0.25) is 0 Å². The lowest BCUT2D eigenvalue weighted by molar-refractivity contribution is -0.152. The van der Waals surface area contributed by atoms with Crippen LogP contribution in [0.25, 0.3) is 0 Å². The van der Waals surface area contributed by atoms with Crippen molar-refractivity contribution in [3.8, 4) is 5.75 Å². The predicted octanol–water partition coefficient (Wildman–Crippen LogP) is 4.06. The number of carbonyl (C=O) groups is 2. The number of hydrogen-bond acceptors (Lipinski definition) is 6. The van der Waals surface area contributed by atoms with E-state index >= 15 is 0 Å². The molecule has 26 heavy (non-hydrogen) atoms. The first-order chi connectivity index (χ1) is 12.5. The van der Waals surface area contributed by atoms with Crippen LogP contribution in [0.15, 0.2) is 63.7 Å². The SMILES string of the molecule is COc1ccc(NC2=C(Cl)C(=O)O[C@@H]2OC(=O)c2ccccc2Br)cc1. The molecule has 0 unspecified atom stereocenters. The standard InChI is InChI=1S/C18H13BrClNO5/c1-24-11-8-6-10(7-9-11)21-15-14(20)17(23)26-18(15)25-16(22)12-4-2-3-5-13(12)19/h2-9,18,21H,1H3/t18-/m0/s1. The van der Waals surface area contributed by atoms with Crippen molar-refractivity contribution in [2.24, 2.45) is 0 Å². The summed E-state index contributed by atoms with van der Waals surface area (Å²) < 4.78 is 16.0. The Kier molecular flexibility index (Phi) is 5.49. The third-order valence-corrected chi connectivity index (χ3v) is 4.59. The Morgan fingerprint density at radius 1 is 1.19 bits per heavy atom. The van der Waals surface area contributed by atoms with E-state index in [9.17, 15) is 9.59 Å². The summed E-state index contributed by atoms with van der Waals surface area (Å²) >= 11 is 9.29. The number of hydrogen-bond donors (Lipinski definition) is 1. The molecule has 1 heterocycles. The summed E-state index contributed by atoms with van der Waals surface area (Å²) in [5, 5.41) is 2.78. The lowest BCUT2D eigenvalue weighted by Crippen LogP contribution is -2.24.